The molecule has 0 saturated heterocycles. The minimum Gasteiger partial charge on any atom is -0.478 e. The zero-order valence-electron chi connectivity index (χ0n) is 13.9. The molecule has 0 spiro atoms. The number of hydrogen-bond acceptors (Lipinski definition) is 4. The van der Waals surface area contributed by atoms with Crippen molar-refractivity contribution in [3.8, 4) is 0 Å². The summed E-state index contributed by atoms with van der Waals surface area (Å²) in [7, 11) is 0. The highest BCUT2D eigenvalue weighted by Crippen LogP contribution is 2.38. The molecule has 152 valence electrons. The van der Waals surface area contributed by atoms with Crippen molar-refractivity contribution >= 4 is 92.7 Å². The highest BCUT2D eigenvalue weighted by molar-refractivity contribution is 7.99. The molecule has 2 aromatic rings. The van der Waals surface area contributed by atoms with Gasteiger partial charge in [-0.2, -0.15) is 0 Å². The molecular formula is C16H9Cl5F2O3S2. The Morgan fingerprint density at radius 2 is 1.21 bits per heavy atom. The van der Waals surface area contributed by atoms with Gasteiger partial charge < -0.3 is 5.11 Å². The van der Waals surface area contributed by atoms with Gasteiger partial charge in [0.1, 0.15) is 17.2 Å². The van der Waals surface area contributed by atoms with Crippen molar-refractivity contribution in [3.05, 3.63) is 55.0 Å². The fraction of sp³-hybridized carbons (Fsp3) is 0.125. The Morgan fingerprint density at radius 3 is 1.54 bits per heavy atom. The van der Waals surface area contributed by atoms with Crippen LogP contribution in [0.25, 0.3) is 0 Å². The van der Waals surface area contributed by atoms with Crippen LogP contribution < -0.4 is 0 Å². The predicted octanol–water partition coefficient (Wildman–Crippen LogP) is 7.79. The minimum absolute atomic E-state index is 0.0394. The van der Waals surface area contributed by atoms with Crippen molar-refractivity contribution in [1.29, 1.82) is 0 Å². The van der Waals surface area contributed by atoms with E-state index in [1.807, 2.05) is 0 Å². The first-order valence-electron chi connectivity index (χ1n) is 6.83. The van der Waals surface area contributed by atoms with E-state index in [9.17, 15) is 18.4 Å². The first-order valence-corrected chi connectivity index (χ1v) is 11.2. The van der Waals surface area contributed by atoms with E-state index in [0.717, 1.165) is 12.1 Å². The molecular weight excluding hydrogens is 520 g/mol. The number of carboxylic acids is 1. The molecule has 2 rings (SSSR count). The first kappa shape index (κ1) is 25.6. The second kappa shape index (κ2) is 11.1. The fourth-order valence-electron chi connectivity index (χ4n) is 1.89. The summed E-state index contributed by atoms with van der Waals surface area (Å²) in [6.07, 6.45) is 3.39. The molecule has 0 amide bonds. The van der Waals surface area contributed by atoms with E-state index < -0.39 is 28.4 Å². The smallest absolute Gasteiger partial charge is 0.340 e. The van der Waals surface area contributed by atoms with Crippen molar-refractivity contribution in [1.82, 2.24) is 0 Å². The van der Waals surface area contributed by atoms with Crippen LogP contribution in [0.4, 0.5) is 8.78 Å². The lowest BCUT2D eigenvalue weighted by Gasteiger charge is -2.07. The topological polar surface area (TPSA) is 54.4 Å². The van der Waals surface area contributed by atoms with Gasteiger partial charge in [0.25, 0.3) is 5.24 Å². The van der Waals surface area contributed by atoms with Gasteiger partial charge in [0, 0.05) is 9.79 Å². The molecule has 0 unspecified atom stereocenters. The zero-order valence-corrected chi connectivity index (χ0v) is 19.3. The lowest BCUT2D eigenvalue weighted by atomic mass is 10.2. The quantitative estimate of drug-likeness (QED) is 0.324. The van der Waals surface area contributed by atoms with Crippen molar-refractivity contribution in [2.24, 2.45) is 0 Å². The van der Waals surface area contributed by atoms with Gasteiger partial charge in [-0.1, -0.05) is 46.4 Å². The summed E-state index contributed by atoms with van der Waals surface area (Å²) in [5, 5.41) is 7.84. The maximum absolute atomic E-state index is 13.2. The van der Waals surface area contributed by atoms with Gasteiger partial charge in [0.15, 0.2) is 0 Å². The summed E-state index contributed by atoms with van der Waals surface area (Å²) in [4.78, 5) is 22.3. The van der Waals surface area contributed by atoms with E-state index in [1.165, 1.54) is 23.5 Å². The van der Waals surface area contributed by atoms with Crippen LogP contribution in [0.15, 0.2) is 21.9 Å². The number of carboxylic acid groups (broad SMARTS) is 1. The molecule has 0 atom stereocenters. The number of aromatic carboxylic acids is 1. The Balaban J connectivity index is 0.000000280. The highest BCUT2D eigenvalue weighted by atomic mass is 35.5. The molecule has 0 radical (unpaired) electrons. The highest BCUT2D eigenvalue weighted by Gasteiger charge is 2.21. The molecule has 0 aromatic heterocycles. The van der Waals surface area contributed by atoms with E-state index in [2.05, 4.69) is 0 Å². The molecule has 0 aliphatic rings. The third-order valence-corrected chi connectivity index (χ3v) is 6.73. The number of rotatable bonds is 4. The molecule has 0 aliphatic heterocycles. The second-order valence-electron chi connectivity index (χ2n) is 4.70. The molecule has 12 heteroatoms. The van der Waals surface area contributed by atoms with Gasteiger partial charge in [-0.05, 0) is 36.2 Å². The number of carbonyl (C=O) groups excluding carboxylic acids is 1. The molecule has 0 heterocycles. The van der Waals surface area contributed by atoms with Crippen molar-refractivity contribution in [2.75, 3.05) is 12.5 Å². The normalized spacial score (nSPS) is 10.3. The molecule has 3 nitrogen and oxygen atoms in total. The number of halogens is 7. The number of thioether (sulfide) groups is 2. The van der Waals surface area contributed by atoms with E-state index in [4.69, 9.17) is 63.1 Å². The van der Waals surface area contributed by atoms with E-state index in [1.54, 1.807) is 12.5 Å². The number of hydrogen-bond donors (Lipinski definition) is 1. The van der Waals surface area contributed by atoms with Crippen molar-refractivity contribution < 1.29 is 23.5 Å². The minimum atomic E-state index is -1.40. The monoisotopic (exact) mass is 526 g/mol. The fourth-order valence-corrected chi connectivity index (χ4v) is 5.15. The SMILES string of the molecule is CSc1c(Cl)cc(F)c(C(=O)Cl)c1Cl.CSc1c(Cl)cc(F)c(C(=O)O)c1Cl. The molecule has 0 saturated carbocycles. The zero-order chi connectivity index (χ0) is 21.8. The standard InChI is InChI=1S/C8H4Cl3FOS.C8H5Cl2FO2S/c1-14-7-3(9)2-4(12)5(6(7)10)8(11)13;1-14-7-3(9)2-4(11)5(6(7)10)8(12)13/h2H,1H3;2H,1H3,(H,12,13). The average Bonchev–Trinajstić information content (AvgIpc) is 2.54. The number of benzene rings is 2. The molecule has 0 aliphatic carbocycles. The van der Waals surface area contributed by atoms with Gasteiger partial charge in [-0.3, -0.25) is 4.79 Å². The van der Waals surface area contributed by atoms with Gasteiger partial charge in [0.05, 0.1) is 25.7 Å². The van der Waals surface area contributed by atoms with Crippen LogP contribution >= 0.6 is 81.5 Å². The van der Waals surface area contributed by atoms with E-state index >= 15 is 0 Å². The lowest BCUT2D eigenvalue weighted by Crippen LogP contribution is -2.02. The van der Waals surface area contributed by atoms with Crippen LogP contribution in [-0.2, 0) is 0 Å². The Labute approximate surface area is 192 Å². The van der Waals surface area contributed by atoms with E-state index in [0.29, 0.717) is 9.79 Å². The van der Waals surface area contributed by atoms with Crippen LogP contribution in [0.5, 0.6) is 0 Å². The largest absolute Gasteiger partial charge is 0.478 e. The third-order valence-electron chi connectivity index (χ3n) is 3.07. The Morgan fingerprint density at radius 1 is 0.857 bits per heavy atom. The summed E-state index contributed by atoms with van der Waals surface area (Å²) >= 11 is 30.4. The van der Waals surface area contributed by atoms with Crippen molar-refractivity contribution in [3.63, 3.8) is 0 Å². The predicted molar refractivity (Wildman–Crippen MR) is 114 cm³/mol. The summed E-state index contributed by atoms with van der Waals surface area (Å²) in [6.45, 7) is 0. The third kappa shape index (κ3) is 5.81. The van der Waals surface area contributed by atoms with Crippen LogP contribution in [0.3, 0.4) is 0 Å². The average molecular weight is 529 g/mol. The Bertz CT molecular complexity index is 866. The van der Waals surface area contributed by atoms with Crippen LogP contribution in [0, 0.1) is 11.6 Å². The van der Waals surface area contributed by atoms with Crippen molar-refractivity contribution in [2.45, 2.75) is 9.79 Å². The molecule has 2 aromatic carbocycles. The van der Waals surface area contributed by atoms with E-state index in [-0.39, 0.29) is 25.7 Å². The molecule has 0 fully saturated rings. The summed E-state index contributed by atoms with van der Waals surface area (Å²) in [5.74, 6) is -3.14. The first-order chi connectivity index (χ1) is 13.0. The molecule has 28 heavy (non-hydrogen) atoms. The van der Waals surface area contributed by atoms with Gasteiger partial charge in [0.2, 0.25) is 0 Å². The van der Waals surface area contributed by atoms with Crippen LogP contribution in [0.2, 0.25) is 20.1 Å². The maximum atomic E-state index is 13.2. The van der Waals surface area contributed by atoms with Crippen LogP contribution in [0.1, 0.15) is 20.7 Å². The Hall–Kier alpha value is -0.410. The number of carbonyl (C=O) groups is 2. The summed E-state index contributed by atoms with van der Waals surface area (Å²) < 4.78 is 26.3. The molecule has 0 bridgehead atoms. The molecule has 1 N–H and O–H groups in total. The summed E-state index contributed by atoms with van der Waals surface area (Å²) in [5.41, 5.74) is -0.873. The van der Waals surface area contributed by atoms with Gasteiger partial charge >= 0.3 is 5.97 Å². The van der Waals surface area contributed by atoms with Gasteiger partial charge in [-0.15, -0.1) is 23.5 Å². The maximum Gasteiger partial charge on any atom is 0.340 e. The second-order valence-corrected chi connectivity index (χ2v) is 8.25. The van der Waals surface area contributed by atoms with Gasteiger partial charge in [-0.25, -0.2) is 13.6 Å². The lowest BCUT2D eigenvalue weighted by molar-refractivity contribution is 0.0691. The Kier molecular flexibility index (Phi) is 10.2. The summed E-state index contributed by atoms with van der Waals surface area (Å²) in [6, 6.07) is 1.97. The van der Waals surface area contributed by atoms with Crippen LogP contribution in [-0.4, -0.2) is 28.8 Å².